The van der Waals surface area contributed by atoms with Crippen molar-refractivity contribution in [2.75, 3.05) is 23.4 Å². The Hall–Kier alpha value is -2.82. The molecule has 1 aliphatic rings. The third-order valence-electron chi connectivity index (χ3n) is 4.92. The van der Waals surface area contributed by atoms with Crippen LogP contribution in [-0.4, -0.2) is 25.0 Å². The van der Waals surface area contributed by atoms with Gasteiger partial charge in [0.2, 0.25) is 5.91 Å². The first-order chi connectivity index (χ1) is 13.0. The van der Waals surface area contributed by atoms with E-state index in [1.807, 2.05) is 55.1 Å². The van der Waals surface area contributed by atoms with Gasteiger partial charge < -0.3 is 15.0 Å². The first kappa shape index (κ1) is 19.0. The van der Waals surface area contributed by atoms with Gasteiger partial charge in [-0.25, -0.2) is 0 Å². The molecule has 0 radical (unpaired) electrons. The third kappa shape index (κ3) is 4.30. The molecule has 0 aromatic heterocycles. The molecule has 5 heteroatoms. The predicted octanol–water partition coefficient (Wildman–Crippen LogP) is 4.01. The van der Waals surface area contributed by atoms with E-state index in [2.05, 4.69) is 12.2 Å². The van der Waals surface area contributed by atoms with Crippen LogP contribution in [0.25, 0.3) is 0 Å². The molecule has 0 atom stereocenters. The zero-order chi connectivity index (χ0) is 19.4. The van der Waals surface area contributed by atoms with Gasteiger partial charge in [-0.2, -0.15) is 0 Å². The molecule has 27 heavy (non-hydrogen) atoms. The minimum atomic E-state index is -0.201. The highest BCUT2D eigenvalue weighted by atomic mass is 16.5. The highest BCUT2D eigenvalue weighted by Gasteiger charge is 2.23. The van der Waals surface area contributed by atoms with Crippen LogP contribution in [0.3, 0.4) is 0 Å². The first-order valence-electron chi connectivity index (χ1n) is 9.41. The van der Waals surface area contributed by atoms with Crippen LogP contribution in [0.1, 0.15) is 36.5 Å². The van der Waals surface area contributed by atoms with E-state index in [9.17, 15) is 9.59 Å². The smallest absolute Gasteiger partial charge is 0.262 e. The van der Waals surface area contributed by atoms with Crippen molar-refractivity contribution < 1.29 is 14.3 Å². The van der Waals surface area contributed by atoms with Crippen LogP contribution in [0.4, 0.5) is 11.4 Å². The fourth-order valence-electron chi connectivity index (χ4n) is 3.33. The van der Waals surface area contributed by atoms with E-state index in [0.29, 0.717) is 12.8 Å². The molecule has 0 aliphatic carbocycles. The number of rotatable bonds is 6. The number of aryl methyl sites for hydroxylation is 2. The average Bonchev–Trinajstić information content (AvgIpc) is 2.65. The predicted molar refractivity (Wildman–Crippen MR) is 107 cm³/mol. The van der Waals surface area contributed by atoms with Crippen LogP contribution >= 0.6 is 0 Å². The SMILES string of the molecule is CCCN1C(=O)CCc2cc(NC(=O)COc3cccc(C)c3C)ccc21. The second-order valence-electron chi connectivity index (χ2n) is 6.92. The maximum atomic E-state index is 12.3. The van der Waals surface area contributed by atoms with Gasteiger partial charge in [0.05, 0.1) is 0 Å². The van der Waals surface area contributed by atoms with Crippen LogP contribution in [-0.2, 0) is 16.0 Å². The van der Waals surface area contributed by atoms with E-state index in [4.69, 9.17) is 4.74 Å². The van der Waals surface area contributed by atoms with Gasteiger partial charge >= 0.3 is 0 Å². The van der Waals surface area contributed by atoms with Crippen molar-refractivity contribution in [1.82, 2.24) is 0 Å². The van der Waals surface area contributed by atoms with E-state index in [0.717, 1.165) is 46.8 Å². The summed E-state index contributed by atoms with van der Waals surface area (Å²) in [5, 5.41) is 2.89. The van der Waals surface area contributed by atoms with Crippen LogP contribution in [0, 0.1) is 13.8 Å². The van der Waals surface area contributed by atoms with E-state index < -0.39 is 0 Å². The second-order valence-corrected chi connectivity index (χ2v) is 6.92. The fourth-order valence-corrected chi connectivity index (χ4v) is 3.33. The molecule has 1 aliphatic heterocycles. The normalized spacial score (nSPS) is 13.3. The van der Waals surface area contributed by atoms with Gasteiger partial charge in [-0.05, 0) is 67.6 Å². The van der Waals surface area contributed by atoms with Crippen LogP contribution in [0.2, 0.25) is 0 Å². The van der Waals surface area contributed by atoms with Gasteiger partial charge in [-0.3, -0.25) is 9.59 Å². The Labute approximate surface area is 160 Å². The number of fused-ring (bicyclic) bond motifs is 1. The number of nitrogens with one attached hydrogen (secondary N) is 1. The van der Waals surface area contributed by atoms with Crippen LogP contribution in [0.5, 0.6) is 5.75 Å². The molecule has 2 aromatic carbocycles. The van der Waals surface area contributed by atoms with E-state index >= 15 is 0 Å². The average molecular weight is 366 g/mol. The van der Waals surface area contributed by atoms with E-state index in [1.54, 1.807) is 0 Å². The first-order valence-corrected chi connectivity index (χ1v) is 9.41. The number of hydrogen-bond acceptors (Lipinski definition) is 3. The van der Waals surface area contributed by atoms with Crippen molar-refractivity contribution >= 4 is 23.2 Å². The highest BCUT2D eigenvalue weighted by molar-refractivity contribution is 5.97. The molecule has 0 fully saturated rings. The van der Waals surface area contributed by atoms with E-state index in [1.165, 1.54) is 0 Å². The second kappa shape index (κ2) is 8.25. The molecule has 142 valence electrons. The van der Waals surface area contributed by atoms with Gasteiger partial charge in [0, 0.05) is 24.3 Å². The minimum Gasteiger partial charge on any atom is -0.483 e. The molecule has 0 saturated heterocycles. The summed E-state index contributed by atoms with van der Waals surface area (Å²) in [5.74, 6) is 0.695. The molecule has 0 unspecified atom stereocenters. The van der Waals surface area contributed by atoms with Gasteiger partial charge in [0.25, 0.3) is 5.91 Å². The maximum absolute atomic E-state index is 12.3. The van der Waals surface area contributed by atoms with Crippen molar-refractivity contribution in [3.63, 3.8) is 0 Å². The summed E-state index contributed by atoms with van der Waals surface area (Å²) in [6, 6.07) is 11.5. The number of ether oxygens (including phenoxy) is 1. The number of carbonyl (C=O) groups excluding carboxylic acids is 2. The molecular formula is C22H26N2O3. The summed E-state index contributed by atoms with van der Waals surface area (Å²) in [4.78, 5) is 26.2. The molecule has 2 aromatic rings. The number of nitrogens with zero attached hydrogens (tertiary/aromatic N) is 1. The minimum absolute atomic E-state index is 0.0399. The van der Waals surface area contributed by atoms with Crippen molar-refractivity contribution in [2.45, 2.75) is 40.0 Å². The lowest BCUT2D eigenvalue weighted by Gasteiger charge is -2.29. The Morgan fingerprint density at radius 2 is 2.00 bits per heavy atom. The lowest BCUT2D eigenvalue weighted by Crippen LogP contribution is -2.35. The zero-order valence-corrected chi connectivity index (χ0v) is 16.2. The highest BCUT2D eigenvalue weighted by Crippen LogP contribution is 2.30. The Morgan fingerprint density at radius 1 is 1.19 bits per heavy atom. The van der Waals surface area contributed by atoms with Crippen LogP contribution in [0.15, 0.2) is 36.4 Å². The molecule has 3 rings (SSSR count). The van der Waals surface area contributed by atoms with Gasteiger partial charge in [0.15, 0.2) is 6.61 Å². The third-order valence-corrected chi connectivity index (χ3v) is 4.92. The summed E-state index contributed by atoms with van der Waals surface area (Å²) < 4.78 is 5.66. The molecule has 1 N–H and O–H groups in total. The van der Waals surface area contributed by atoms with Gasteiger partial charge in [-0.1, -0.05) is 19.1 Å². The molecule has 2 amide bonds. The number of carbonyl (C=O) groups is 2. The zero-order valence-electron chi connectivity index (χ0n) is 16.2. The molecule has 0 bridgehead atoms. The summed E-state index contributed by atoms with van der Waals surface area (Å²) in [6.07, 6.45) is 2.14. The number of benzene rings is 2. The van der Waals surface area contributed by atoms with Gasteiger partial charge in [-0.15, -0.1) is 0 Å². The number of hydrogen-bond donors (Lipinski definition) is 1. The summed E-state index contributed by atoms with van der Waals surface area (Å²) in [6.45, 7) is 6.74. The Kier molecular flexibility index (Phi) is 5.79. The topological polar surface area (TPSA) is 58.6 Å². The molecule has 5 nitrogen and oxygen atoms in total. The number of anilines is 2. The molecular weight excluding hydrogens is 340 g/mol. The summed E-state index contributed by atoms with van der Waals surface area (Å²) in [5.41, 5.74) is 4.96. The Morgan fingerprint density at radius 3 is 2.78 bits per heavy atom. The lowest BCUT2D eigenvalue weighted by atomic mass is 10.00. The maximum Gasteiger partial charge on any atom is 0.262 e. The molecule has 0 saturated carbocycles. The van der Waals surface area contributed by atoms with Crippen molar-refractivity contribution in [3.8, 4) is 5.75 Å². The van der Waals surface area contributed by atoms with E-state index in [-0.39, 0.29) is 18.4 Å². The van der Waals surface area contributed by atoms with Crippen molar-refractivity contribution in [1.29, 1.82) is 0 Å². The summed E-state index contributed by atoms with van der Waals surface area (Å²) >= 11 is 0. The fraction of sp³-hybridized carbons (Fsp3) is 0.364. The molecule has 0 spiro atoms. The van der Waals surface area contributed by atoms with Crippen molar-refractivity contribution in [3.05, 3.63) is 53.1 Å². The number of amides is 2. The monoisotopic (exact) mass is 366 g/mol. The largest absolute Gasteiger partial charge is 0.483 e. The molecule has 1 heterocycles. The van der Waals surface area contributed by atoms with Crippen LogP contribution < -0.4 is 15.0 Å². The van der Waals surface area contributed by atoms with Crippen molar-refractivity contribution in [2.24, 2.45) is 0 Å². The Balaban J connectivity index is 1.65. The lowest BCUT2D eigenvalue weighted by molar-refractivity contribution is -0.119. The van der Waals surface area contributed by atoms with Gasteiger partial charge in [0.1, 0.15) is 5.75 Å². The standard InChI is InChI=1S/C22H26N2O3/c1-4-12-24-19-10-9-18(13-17(19)8-11-22(24)26)23-21(25)14-27-20-7-5-6-15(2)16(20)3/h5-7,9-10,13H,4,8,11-12,14H2,1-3H3,(H,23,25). The quantitative estimate of drug-likeness (QED) is 0.840. The summed E-state index contributed by atoms with van der Waals surface area (Å²) in [7, 11) is 0. The Bertz CT molecular complexity index is 861.